The fourth-order valence-corrected chi connectivity index (χ4v) is 2.26. The lowest BCUT2D eigenvalue weighted by atomic mass is 10.1. The van der Waals surface area contributed by atoms with Gasteiger partial charge in [-0.25, -0.2) is 4.68 Å². The van der Waals surface area contributed by atoms with Crippen LogP contribution < -0.4 is 0 Å². The van der Waals surface area contributed by atoms with E-state index in [0.717, 1.165) is 30.7 Å². The molecule has 106 valence electrons. The third kappa shape index (κ3) is 5.86. The van der Waals surface area contributed by atoms with Gasteiger partial charge in [0, 0.05) is 12.1 Å². The number of allylic oxidation sites excluding steroid dienone is 1. The first-order valence-electron chi connectivity index (χ1n) is 7.32. The van der Waals surface area contributed by atoms with Crippen molar-refractivity contribution < 1.29 is 4.79 Å². The molecule has 1 aromatic heterocycles. The van der Waals surface area contributed by atoms with Crippen molar-refractivity contribution in [2.75, 3.05) is 0 Å². The molecule has 1 aromatic rings. The molecule has 1 heterocycles. The Balaban J connectivity index is 2.11. The van der Waals surface area contributed by atoms with Crippen molar-refractivity contribution in [2.45, 2.75) is 65.2 Å². The van der Waals surface area contributed by atoms with E-state index in [9.17, 15) is 4.79 Å². The van der Waals surface area contributed by atoms with Crippen molar-refractivity contribution in [3.8, 4) is 0 Å². The maximum Gasteiger partial charge on any atom is 0.247 e. The Labute approximate surface area is 116 Å². The van der Waals surface area contributed by atoms with E-state index in [1.54, 1.807) is 4.68 Å². The molecule has 0 fully saturated rings. The van der Waals surface area contributed by atoms with E-state index in [-0.39, 0.29) is 5.91 Å². The number of aromatic nitrogens is 2. The van der Waals surface area contributed by atoms with E-state index in [4.69, 9.17) is 0 Å². The predicted molar refractivity (Wildman–Crippen MR) is 79.5 cm³/mol. The smallest absolute Gasteiger partial charge is 0.247 e. The summed E-state index contributed by atoms with van der Waals surface area (Å²) in [7, 11) is 0. The summed E-state index contributed by atoms with van der Waals surface area (Å²) in [6, 6.07) is 1.94. The standard InChI is InChI=1S/C16H26N2O/c1-4-5-6-7-8-9-10-11-12-16(19)18-15(3)13-14(2)17-18/h4,13H,1,5-12H2,2-3H3. The second-order valence-corrected chi connectivity index (χ2v) is 5.18. The van der Waals surface area contributed by atoms with Crippen LogP contribution in [0.2, 0.25) is 0 Å². The largest absolute Gasteiger partial charge is 0.273 e. The van der Waals surface area contributed by atoms with Gasteiger partial charge in [0.2, 0.25) is 5.91 Å². The quantitative estimate of drug-likeness (QED) is 0.487. The van der Waals surface area contributed by atoms with Crippen LogP contribution in [0.3, 0.4) is 0 Å². The van der Waals surface area contributed by atoms with Crippen LogP contribution in [0, 0.1) is 13.8 Å². The molecule has 0 saturated carbocycles. The number of hydrogen-bond acceptors (Lipinski definition) is 2. The maximum absolute atomic E-state index is 11.9. The Morgan fingerprint density at radius 1 is 1.21 bits per heavy atom. The summed E-state index contributed by atoms with van der Waals surface area (Å²) in [5.41, 5.74) is 1.85. The zero-order valence-corrected chi connectivity index (χ0v) is 12.3. The Bertz CT molecular complexity index is 407. The molecular weight excluding hydrogens is 236 g/mol. The fraction of sp³-hybridized carbons (Fsp3) is 0.625. The highest BCUT2D eigenvalue weighted by Gasteiger charge is 2.09. The van der Waals surface area contributed by atoms with Gasteiger partial charge < -0.3 is 0 Å². The molecule has 0 unspecified atom stereocenters. The van der Waals surface area contributed by atoms with E-state index in [2.05, 4.69) is 11.7 Å². The Morgan fingerprint density at radius 3 is 2.42 bits per heavy atom. The molecule has 3 heteroatoms. The molecule has 0 radical (unpaired) electrons. The monoisotopic (exact) mass is 262 g/mol. The summed E-state index contributed by atoms with van der Waals surface area (Å²) in [6.07, 6.45) is 10.8. The minimum atomic E-state index is 0.122. The number of carbonyl (C=O) groups excluding carboxylic acids is 1. The topological polar surface area (TPSA) is 34.9 Å². The fourth-order valence-electron chi connectivity index (χ4n) is 2.26. The molecule has 19 heavy (non-hydrogen) atoms. The highest BCUT2D eigenvalue weighted by molar-refractivity contribution is 5.78. The van der Waals surface area contributed by atoms with Crippen LogP contribution in [-0.2, 0) is 0 Å². The lowest BCUT2D eigenvalue weighted by Gasteiger charge is -2.03. The number of aryl methyl sites for hydroxylation is 2. The van der Waals surface area contributed by atoms with Gasteiger partial charge in [-0.1, -0.05) is 31.8 Å². The third-order valence-electron chi connectivity index (χ3n) is 3.29. The number of carbonyl (C=O) groups is 1. The molecule has 0 aromatic carbocycles. The molecule has 0 amide bonds. The lowest BCUT2D eigenvalue weighted by molar-refractivity contribution is 0.0880. The van der Waals surface area contributed by atoms with Gasteiger partial charge in [0.1, 0.15) is 0 Å². The molecule has 0 aliphatic heterocycles. The second kappa shape index (κ2) is 8.68. The molecule has 0 N–H and O–H groups in total. The van der Waals surface area contributed by atoms with E-state index in [1.807, 2.05) is 26.0 Å². The Kier molecular flexibility index (Phi) is 7.16. The van der Waals surface area contributed by atoms with Crippen LogP contribution in [0.1, 0.15) is 67.5 Å². The number of nitrogens with zero attached hydrogens (tertiary/aromatic N) is 2. The highest BCUT2D eigenvalue weighted by atomic mass is 16.2. The number of unbranched alkanes of at least 4 members (excludes halogenated alkanes) is 6. The molecule has 0 saturated heterocycles. The van der Waals surface area contributed by atoms with Crippen LogP contribution in [-0.4, -0.2) is 15.7 Å². The van der Waals surface area contributed by atoms with E-state index in [1.165, 1.54) is 25.7 Å². The van der Waals surface area contributed by atoms with Gasteiger partial charge in [0.25, 0.3) is 0 Å². The number of hydrogen-bond donors (Lipinski definition) is 0. The molecule has 0 spiro atoms. The van der Waals surface area contributed by atoms with Crippen LogP contribution in [0.25, 0.3) is 0 Å². The molecule has 0 aliphatic carbocycles. The first-order valence-corrected chi connectivity index (χ1v) is 7.32. The zero-order chi connectivity index (χ0) is 14.1. The minimum Gasteiger partial charge on any atom is -0.273 e. The first-order chi connectivity index (χ1) is 9.15. The van der Waals surface area contributed by atoms with Crippen LogP contribution in [0.4, 0.5) is 0 Å². The SMILES string of the molecule is C=CCCCCCCCCC(=O)n1nc(C)cc1C. The van der Waals surface area contributed by atoms with Crippen molar-refractivity contribution in [3.05, 3.63) is 30.1 Å². The summed E-state index contributed by atoms with van der Waals surface area (Å²) in [5, 5.41) is 4.22. The van der Waals surface area contributed by atoms with Gasteiger partial charge in [-0.15, -0.1) is 6.58 Å². The molecular formula is C16H26N2O. The van der Waals surface area contributed by atoms with Crippen LogP contribution >= 0.6 is 0 Å². The first kappa shape index (κ1) is 15.7. The second-order valence-electron chi connectivity index (χ2n) is 5.18. The summed E-state index contributed by atoms with van der Waals surface area (Å²) >= 11 is 0. The van der Waals surface area contributed by atoms with E-state index >= 15 is 0 Å². The normalized spacial score (nSPS) is 10.6. The molecule has 1 rings (SSSR count). The van der Waals surface area contributed by atoms with Gasteiger partial charge >= 0.3 is 0 Å². The average Bonchev–Trinajstić information content (AvgIpc) is 2.71. The molecule has 0 bridgehead atoms. The Morgan fingerprint density at radius 2 is 1.84 bits per heavy atom. The summed E-state index contributed by atoms with van der Waals surface area (Å²) < 4.78 is 1.54. The van der Waals surface area contributed by atoms with Crippen molar-refractivity contribution in [1.29, 1.82) is 0 Å². The molecule has 0 aliphatic rings. The summed E-state index contributed by atoms with van der Waals surface area (Å²) in [4.78, 5) is 11.9. The van der Waals surface area contributed by atoms with Crippen LogP contribution in [0.15, 0.2) is 18.7 Å². The van der Waals surface area contributed by atoms with Gasteiger partial charge in [0.15, 0.2) is 0 Å². The summed E-state index contributed by atoms with van der Waals surface area (Å²) in [5.74, 6) is 0.122. The predicted octanol–water partition coefficient (Wildman–Crippen LogP) is 4.45. The molecule has 3 nitrogen and oxygen atoms in total. The summed E-state index contributed by atoms with van der Waals surface area (Å²) in [6.45, 7) is 7.56. The van der Waals surface area contributed by atoms with Gasteiger partial charge in [-0.05, 0) is 39.2 Å². The van der Waals surface area contributed by atoms with Crippen molar-refractivity contribution in [1.82, 2.24) is 9.78 Å². The highest BCUT2D eigenvalue weighted by Crippen LogP contribution is 2.10. The maximum atomic E-state index is 11.9. The van der Waals surface area contributed by atoms with E-state index in [0.29, 0.717) is 6.42 Å². The Hall–Kier alpha value is -1.38. The average molecular weight is 262 g/mol. The van der Waals surface area contributed by atoms with Crippen molar-refractivity contribution in [3.63, 3.8) is 0 Å². The van der Waals surface area contributed by atoms with Gasteiger partial charge in [-0.3, -0.25) is 4.79 Å². The van der Waals surface area contributed by atoms with Gasteiger partial charge in [0.05, 0.1) is 5.69 Å². The van der Waals surface area contributed by atoms with Gasteiger partial charge in [-0.2, -0.15) is 5.10 Å². The third-order valence-corrected chi connectivity index (χ3v) is 3.29. The minimum absolute atomic E-state index is 0.122. The number of rotatable bonds is 9. The van der Waals surface area contributed by atoms with Crippen molar-refractivity contribution in [2.24, 2.45) is 0 Å². The van der Waals surface area contributed by atoms with E-state index < -0.39 is 0 Å². The molecule has 0 atom stereocenters. The zero-order valence-electron chi connectivity index (χ0n) is 12.3. The van der Waals surface area contributed by atoms with Crippen molar-refractivity contribution >= 4 is 5.91 Å². The lowest BCUT2D eigenvalue weighted by Crippen LogP contribution is -2.13. The van der Waals surface area contributed by atoms with Crippen LogP contribution in [0.5, 0.6) is 0 Å².